The molecule has 1 heterocycles. The summed E-state index contributed by atoms with van der Waals surface area (Å²) in [6.45, 7) is 1.95. The van der Waals surface area contributed by atoms with Gasteiger partial charge in [0.2, 0.25) is 5.91 Å². The maximum atomic E-state index is 11.3. The molecule has 0 radical (unpaired) electrons. The highest BCUT2D eigenvalue weighted by Gasteiger charge is 2.28. The molecule has 0 saturated heterocycles. The van der Waals surface area contributed by atoms with Gasteiger partial charge in [-0.25, -0.2) is 4.79 Å². The zero-order chi connectivity index (χ0) is 13.0. The number of carbonyl (C=O) groups excluding carboxylic acids is 1. The van der Waals surface area contributed by atoms with E-state index in [1.54, 1.807) is 11.4 Å². The molecule has 3 N–H and O–H groups in total. The van der Waals surface area contributed by atoms with Gasteiger partial charge in [0.05, 0.1) is 5.56 Å². The van der Waals surface area contributed by atoms with E-state index in [0.717, 1.165) is 17.7 Å². The standard InChI is InChI=1S/C12H16N2O3S/c15-11(8-1-2-8)14-4-3-13-6-10-5-9(7-18-10)12(16)17/h5,7-8,13H,1-4,6H2,(H,14,15)(H,16,17). The molecule has 0 unspecified atom stereocenters. The first-order chi connectivity index (χ1) is 8.66. The number of hydrogen-bond donors (Lipinski definition) is 3. The van der Waals surface area contributed by atoms with Gasteiger partial charge in [-0.3, -0.25) is 4.79 Å². The molecule has 98 valence electrons. The Hall–Kier alpha value is -1.40. The van der Waals surface area contributed by atoms with Gasteiger partial charge in [0, 0.05) is 35.8 Å². The van der Waals surface area contributed by atoms with Crippen molar-refractivity contribution in [3.05, 3.63) is 21.9 Å². The molecular formula is C12H16N2O3S. The highest BCUT2D eigenvalue weighted by Crippen LogP contribution is 2.28. The number of thiophene rings is 1. The lowest BCUT2D eigenvalue weighted by Gasteiger charge is -2.05. The van der Waals surface area contributed by atoms with Crippen molar-refractivity contribution in [2.75, 3.05) is 13.1 Å². The summed E-state index contributed by atoms with van der Waals surface area (Å²) in [6.07, 6.45) is 2.04. The Labute approximate surface area is 109 Å². The first-order valence-electron chi connectivity index (χ1n) is 5.96. The minimum absolute atomic E-state index is 0.154. The zero-order valence-corrected chi connectivity index (χ0v) is 10.8. The van der Waals surface area contributed by atoms with Crippen LogP contribution in [0.25, 0.3) is 0 Å². The monoisotopic (exact) mass is 268 g/mol. The Balaban J connectivity index is 1.59. The largest absolute Gasteiger partial charge is 0.478 e. The van der Waals surface area contributed by atoms with Crippen molar-refractivity contribution in [1.82, 2.24) is 10.6 Å². The van der Waals surface area contributed by atoms with Crippen LogP contribution in [0.3, 0.4) is 0 Å². The lowest BCUT2D eigenvalue weighted by molar-refractivity contribution is -0.122. The van der Waals surface area contributed by atoms with Crippen LogP contribution in [0, 0.1) is 5.92 Å². The second-order valence-corrected chi connectivity index (χ2v) is 5.34. The third kappa shape index (κ3) is 3.82. The van der Waals surface area contributed by atoms with Gasteiger partial charge in [-0.05, 0) is 18.9 Å². The molecule has 6 heteroatoms. The summed E-state index contributed by atoms with van der Waals surface area (Å²) >= 11 is 1.43. The molecule has 5 nitrogen and oxygen atoms in total. The van der Waals surface area contributed by atoms with E-state index in [1.807, 2.05) is 0 Å². The summed E-state index contributed by atoms with van der Waals surface area (Å²) in [4.78, 5) is 23.0. The third-order valence-corrected chi connectivity index (χ3v) is 3.69. The maximum absolute atomic E-state index is 11.3. The van der Waals surface area contributed by atoms with Crippen LogP contribution in [0.2, 0.25) is 0 Å². The molecule has 1 amide bonds. The lowest BCUT2D eigenvalue weighted by atomic mass is 10.3. The second-order valence-electron chi connectivity index (χ2n) is 4.35. The summed E-state index contributed by atoms with van der Waals surface area (Å²) in [5, 5.41) is 16.4. The molecule has 0 aliphatic heterocycles. The number of carboxylic acids is 1. The Kier molecular flexibility index (Phi) is 4.33. The molecule has 1 fully saturated rings. The van der Waals surface area contributed by atoms with Gasteiger partial charge in [-0.1, -0.05) is 0 Å². The van der Waals surface area contributed by atoms with E-state index in [1.165, 1.54) is 11.3 Å². The van der Waals surface area contributed by atoms with E-state index in [-0.39, 0.29) is 11.8 Å². The minimum Gasteiger partial charge on any atom is -0.478 e. The van der Waals surface area contributed by atoms with Crippen LogP contribution in [0.1, 0.15) is 28.1 Å². The molecular weight excluding hydrogens is 252 g/mol. The predicted octanol–water partition coefficient (Wildman–Crippen LogP) is 1.06. The molecule has 0 atom stereocenters. The van der Waals surface area contributed by atoms with E-state index in [0.29, 0.717) is 25.2 Å². The molecule has 1 aliphatic rings. The predicted molar refractivity (Wildman–Crippen MR) is 68.7 cm³/mol. The van der Waals surface area contributed by atoms with Crippen molar-refractivity contribution in [1.29, 1.82) is 0 Å². The van der Waals surface area contributed by atoms with Crippen LogP contribution < -0.4 is 10.6 Å². The number of carboxylic acid groups (broad SMARTS) is 1. The van der Waals surface area contributed by atoms with Crippen molar-refractivity contribution >= 4 is 23.2 Å². The Morgan fingerprint density at radius 1 is 1.39 bits per heavy atom. The molecule has 0 aromatic carbocycles. The highest BCUT2D eigenvalue weighted by atomic mass is 32.1. The Morgan fingerprint density at radius 3 is 2.78 bits per heavy atom. The third-order valence-electron chi connectivity index (χ3n) is 2.75. The number of nitrogens with one attached hydrogen (secondary N) is 2. The number of amides is 1. The molecule has 0 spiro atoms. The molecule has 2 rings (SSSR count). The van der Waals surface area contributed by atoms with Crippen molar-refractivity contribution in [2.24, 2.45) is 5.92 Å². The van der Waals surface area contributed by atoms with E-state index in [2.05, 4.69) is 10.6 Å². The Morgan fingerprint density at radius 2 is 2.17 bits per heavy atom. The Bertz CT molecular complexity index is 440. The minimum atomic E-state index is -0.894. The summed E-state index contributed by atoms with van der Waals surface area (Å²) in [6, 6.07) is 1.67. The SMILES string of the molecule is O=C(O)c1csc(CNCCNC(=O)C2CC2)c1. The van der Waals surface area contributed by atoms with E-state index in [9.17, 15) is 9.59 Å². The molecule has 1 aromatic rings. The summed E-state index contributed by atoms with van der Waals surface area (Å²) in [7, 11) is 0. The van der Waals surface area contributed by atoms with Crippen LogP contribution in [0.4, 0.5) is 0 Å². The average Bonchev–Trinajstić information content (AvgIpc) is 3.08. The van der Waals surface area contributed by atoms with Crippen LogP contribution >= 0.6 is 11.3 Å². The van der Waals surface area contributed by atoms with Gasteiger partial charge in [-0.2, -0.15) is 0 Å². The number of hydrogen-bond acceptors (Lipinski definition) is 4. The fourth-order valence-electron chi connectivity index (χ4n) is 1.56. The lowest BCUT2D eigenvalue weighted by Crippen LogP contribution is -2.32. The smallest absolute Gasteiger partial charge is 0.336 e. The number of carbonyl (C=O) groups is 2. The van der Waals surface area contributed by atoms with E-state index < -0.39 is 5.97 Å². The van der Waals surface area contributed by atoms with Crippen LogP contribution in [-0.2, 0) is 11.3 Å². The first-order valence-corrected chi connectivity index (χ1v) is 6.84. The van der Waals surface area contributed by atoms with Crippen molar-refractivity contribution in [3.63, 3.8) is 0 Å². The van der Waals surface area contributed by atoms with Crippen molar-refractivity contribution in [2.45, 2.75) is 19.4 Å². The molecule has 1 aliphatic carbocycles. The molecule has 0 bridgehead atoms. The van der Waals surface area contributed by atoms with Crippen LogP contribution in [0.15, 0.2) is 11.4 Å². The summed E-state index contributed by atoms with van der Waals surface area (Å²) < 4.78 is 0. The normalized spacial score (nSPS) is 14.4. The van der Waals surface area contributed by atoms with Gasteiger partial charge in [0.1, 0.15) is 0 Å². The van der Waals surface area contributed by atoms with Crippen molar-refractivity contribution in [3.8, 4) is 0 Å². The number of rotatable bonds is 7. The quantitative estimate of drug-likeness (QED) is 0.646. The average molecular weight is 268 g/mol. The first kappa shape index (κ1) is 13.0. The molecule has 18 heavy (non-hydrogen) atoms. The number of aromatic carboxylic acids is 1. The molecule has 1 saturated carbocycles. The van der Waals surface area contributed by atoms with Crippen LogP contribution in [-0.4, -0.2) is 30.1 Å². The second kappa shape index (κ2) is 5.97. The zero-order valence-electron chi connectivity index (χ0n) is 9.94. The van der Waals surface area contributed by atoms with E-state index >= 15 is 0 Å². The fraction of sp³-hybridized carbons (Fsp3) is 0.500. The van der Waals surface area contributed by atoms with Gasteiger partial charge >= 0.3 is 5.97 Å². The summed E-state index contributed by atoms with van der Waals surface area (Å²) in [5.74, 6) is -0.490. The van der Waals surface area contributed by atoms with Crippen LogP contribution in [0.5, 0.6) is 0 Å². The van der Waals surface area contributed by atoms with Gasteiger partial charge in [0.15, 0.2) is 0 Å². The van der Waals surface area contributed by atoms with Gasteiger partial charge < -0.3 is 15.7 Å². The van der Waals surface area contributed by atoms with Gasteiger partial charge in [-0.15, -0.1) is 11.3 Å². The highest BCUT2D eigenvalue weighted by molar-refractivity contribution is 7.10. The summed E-state index contributed by atoms with van der Waals surface area (Å²) in [5.41, 5.74) is 0.332. The molecule has 1 aromatic heterocycles. The van der Waals surface area contributed by atoms with E-state index in [4.69, 9.17) is 5.11 Å². The topological polar surface area (TPSA) is 78.4 Å². The van der Waals surface area contributed by atoms with Crippen molar-refractivity contribution < 1.29 is 14.7 Å². The maximum Gasteiger partial charge on any atom is 0.336 e. The van der Waals surface area contributed by atoms with Gasteiger partial charge in [0.25, 0.3) is 0 Å². The fourth-order valence-corrected chi connectivity index (χ4v) is 2.39.